The molecule has 0 saturated heterocycles. The Bertz CT molecular complexity index is 116. The first-order valence-electron chi connectivity index (χ1n) is 2.18. The molecule has 0 fully saturated rings. The van der Waals surface area contributed by atoms with Gasteiger partial charge >= 0.3 is 31.1 Å². The normalized spacial score (nSPS) is 9.00. The second-order valence-electron chi connectivity index (χ2n) is 1.03. The zero-order valence-electron chi connectivity index (χ0n) is 5.97. The topological polar surface area (TPSA) is 0 Å². The molecule has 0 aromatic rings. The van der Waals surface area contributed by atoms with Crippen LogP contribution in [0.1, 0.15) is 13.8 Å². The van der Waals surface area contributed by atoms with Crippen molar-refractivity contribution in [2.24, 2.45) is 0 Å². The van der Waals surface area contributed by atoms with Crippen LogP contribution in [0.4, 0.5) is 0 Å². The van der Waals surface area contributed by atoms with Gasteiger partial charge in [-0.3, -0.25) is 0 Å². The Kier molecular flexibility index (Phi) is 24.8. The molecule has 0 N–H and O–H groups in total. The zero-order valence-corrected chi connectivity index (χ0v) is 16.1. The molecule has 0 unspecified atom stereocenters. The van der Waals surface area contributed by atoms with Crippen LogP contribution in [0.2, 0.25) is 0 Å². The van der Waals surface area contributed by atoms with E-state index in [-0.39, 0.29) is 62.2 Å². The van der Waals surface area contributed by atoms with Gasteiger partial charge in [0, 0.05) is 31.1 Å². The molecule has 0 aliphatic heterocycles. The SMILES string of the molecule is [CH-]=C(P=[C-]C)P=[C-]C.[U+2].[U]. The summed E-state index contributed by atoms with van der Waals surface area (Å²) in [7, 11) is 1.99. The van der Waals surface area contributed by atoms with Crippen molar-refractivity contribution in [3.8, 4) is 0 Å². The van der Waals surface area contributed by atoms with Gasteiger partial charge in [0.25, 0.3) is 0 Å². The van der Waals surface area contributed by atoms with Crippen LogP contribution in [0.3, 0.4) is 0 Å². The van der Waals surface area contributed by atoms with E-state index >= 15 is 0 Å². The molecular formula is C6H7P2U2-. The van der Waals surface area contributed by atoms with Crippen LogP contribution in [0.25, 0.3) is 0 Å². The van der Waals surface area contributed by atoms with E-state index in [1.807, 2.05) is 13.8 Å². The summed E-state index contributed by atoms with van der Waals surface area (Å²) >= 11 is 0. The van der Waals surface area contributed by atoms with Crippen molar-refractivity contribution in [2.45, 2.75) is 13.8 Å². The maximum atomic E-state index is 5.46. The standard InChI is InChI=1S/C6H7P2.2U/c1-4-7-6(3)8-5-2;;/h3H,1-2H3;;/q-3;;+2. The van der Waals surface area contributed by atoms with Crippen LogP contribution in [0, 0.1) is 68.8 Å². The van der Waals surface area contributed by atoms with E-state index < -0.39 is 0 Å². The molecule has 4 heteroatoms. The molecule has 0 aromatic carbocycles. The number of hydrogen-bond donors (Lipinski definition) is 0. The van der Waals surface area contributed by atoms with Crippen LogP contribution in [0.5, 0.6) is 0 Å². The number of hydrogen-bond acceptors (Lipinski definition) is 0. The van der Waals surface area contributed by atoms with E-state index in [9.17, 15) is 0 Å². The summed E-state index contributed by atoms with van der Waals surface area (Å²) in [5.74, 6) is 5.83. The van der Waals surface area contributed by atoms with Crippen molar-refractivity contribution >= 4 is 28.0 Å². The van der Waals surface area contributed by atoms with E-state index in [1.54, 1.807) is 0 Å². The Balaban J connectivity index is -0.000000245. The first kappa shape index (κ1) is 18.1. The fraction of sp³-hybridized carbons (Fsp3) is 0.333. The summed E-state index contributed by atoms with van der Waals surface area (Å²) < 4.78 is 0. The summed E-state index contributed by atoms with van der Waals surface area (Å²) in [4.78, 5) is 0. The second kappa shape index (κ2) is 13.8. The molecule has 0 heterocycles. The third-order valence-corrected chi connectivity index (χ3v) is 1.96. The van der Waals surface area contributed by atoms with E-state index in [1.165, 1.54) is 0 Å². The summed E-state index contributed by atoms with van der Waals surface area (Å²) in [5, 5.41) is 0.884. The maximum Gasteiger partial charge on any atom is 2.00 e. The van der Waals surface area contributed by atoms with Crippen LogP contribution < -0.4 is 0 Å². The molecule has 0 aliphatic carbocycles. The molecule has 0 rings (SSSR count). The van der Waals surface area contributed by atoms with Gasteiger partial charge in [0.1, 0.15) is 0 Å². The quantitative estimate of drug-likeness (QED) is 0.331. The molecule has 0 aliphatic rings. The molecule has 0 saturated carbocycles. The average molecular weight is 617 g/mol. The summed E-state index contributed by atoms with van der Waals surface area (Å²) in [5.41, 5.74) is 0. The zero-order chi connectivity index (χ0) is 6.41. The average Bonchev–Trinajstić information content (AvgIpc) is 1.68. The van der Waals surface area contributed by atoms with Crippen molar-refractivity contribution in [1.29, 1.82) is 0 Å². The van der Waals surface area contributed by atoms with Gasteiger partial charge in [0.2, 0.25) is 0 Å². The van der Waals surface area contributed by atoms with Crippen molar-refractivity contribution in [2.75, 3.05) is 0 Å². The van der Waals surface area contributed by atoms with Gasteiger partial charge in [-0.25, -0.2) is 5.06 Å². The second-order valence-corrected chi connectivity index (χ2v) is 3.69. The van der Waals surface area contributed by atoms with Gasteiger partial charge in [-0.1, -0.05) is 0 Å². The molecule has 10 heavy (non-hydrogen) atoms. The molecule has 0 aromatic heterocycles. The fourth-order valence-corrected chi connectivity index (χ4v) is 1.51. The minimum absolute atomic E-state index is 0. The van der Waals surface area contributed by atoms with Gasteiger partial charge in [-0.05, 0) is 0 Å². The minimum atomic E-state index is 0. The Morgan fingerprint density at radius 1 is 1.20 bits per heavy atom. The first-order valence-corrected chi connectivity index (χ1v) is 3.97. The monoisotopic (exact) mass is 617 g/mol. The van der Waals surface area contributed by atoms with Gasteiger partial charge in [0.05, 0.1) is 0 Å². The summed E-state index contributed by atoms with van der Waals surface area (Å²) in [6.07, 6.45) is 0. The molecule has 0 radical (unpaired) electrons. The van der Waals surface area contributed by atoms with Crippen LogP contribution >= 0.6 is 16.4 Å². The van der Waals surface area contributed by atoms with Crippen LogP contribution in [0.15, 0.2) is 5.06 Å². The fourth-order valence-electron chi connectivity index (χ4n) is 0.254. The number of rotatable bonds is 2. The Labute approximate surface area is 114 Å². The first-order chi connectivity index (χ1) is 3.81. The van der Waals surface area contributed by atoms with Crippen molar-refractivity contribution < 1.29 is 62.2 Å². The van der Waals surface area contributed by atoms with Gasteiger partial charge < -0.3 is 34.6 Å². The Morgan fingerprint density at radius 3 is 1.70 bits per heavy atom. The maximum absolute atomic E-state index is 5.46. The molecule has 0 nitrogen and oxygen atoms in total. The molecule has 50 valence electrons. The van der Waals surface area contributed by atoms with Crippen molar-refractivity contribution in [3.63, 3.8) is 0 Å². The summed E-state index contributed by atoms with van der Waals surface area (Å²) in [6, 6.07) is 0. The van der Waals surface area contributed by atoms with Gasteiger partial charge in [-0.15, -0.1) is 0 Å². The predicted octanol–water partition coefficient (Wildman–Crippen LogP) is 2.55. The van der Waals surface area contributed by atoms with E-state index in [0.29, 0.717) is 0 Å². The Morgan fingerprint density at radius 2 is 1.50 bits per heavy atom. The van der Waals surface area contributed by atoms with Crippen LogP contribution in [-0.4, -0.2) is 11.6 Å². The van der Waals surface area contributed by atoms with E-state index in [2.05, 4.69) is 11.6 Å². The van der Waals surface area contributed by atoms with Crippen LogP contribution in [-0.2, 0) is 0 Å². The molecule has 0 bridgehead atoms. The third-order valence-electron chi connectivity index (χ3n) is 0.453. The molecule has 0 spiro atoms. The largest absolute Gasteiger partial charge is 2.00 e. The molecule has 0 amide bonds. The molecular weight excluding hydrogens is 610 g/mol. The van der Waals surface area contributed by atoms with Crippen molar-refractivity contribution in [1.82, 2.24) is 0 Å². The Hall–Kier alpha value is 2.18. The van der Waals surface area contributed by atoms with Gasteiger partial charge in [-0.2, -0.15) is 13.8 Å². The molecule has 0 atom stereocenters. The smallest absolute Gasteiger partial charge is 0.502 e. The summed E-state index contributed by atoms with van der Waals surface area (Å²) in [6.45, 7) is 9.18. The van der Waals surface area contributed by atoms with E-state index in [0.717, 1.165) is 21.5 Å². The predicted molar refractivity (Wildman–Crippen MR) is 43.0 cm³/mol. The minimum Gasteiger partial charge on any atom is -0.502 e. The third kappa shape index (κ3) is 12.8. The van der Waals surface area contributed by atoms with E-state index in [4.69, 9.17) is 6.58 Å². The van der Waals surface area contributed by atoms with Crippen molar-refractivity contribution in [3.05, 3.63) is 11.6 Å². The van der Waals surface area contributed by atoms with Gasteiger partial charge in [0.15, 0.2) is 0 Å².